The average molecular weight is 212 g/mol. The lowest BCUT2D eigenvalue weighted by atomic mass is 9.81. The summed E-state index contributed by atoms with van der Waals surface area (Å²) in [7, 11) is 0.987. The van der Waals surface area contributed by atoms with Gasteiger partial charge in [-0.05, 0) is 10.8 Å². The van der Waals surface area contributed by atoms with Crippen molar-refractivity contribution >= 4 is 18.1 Å². The molecule has 2 aromatic carbocycles. The minimum absolute atomic E-state index is 0.195. The summed E-state index contributed by atoms with van der Waals surface area (Å²) in [6.07, 6.45) is -0.195. The molecule has 0 aromatic heterocycles. The molecule has 1 fully saturated rings. The van der Waals surface area contributed by atoms with E-state index in [9.17, 15) is 0 Å². The van der Waals surface area contributed by atoms with Gasteiger partial charge in [0.05, 0.1) is 0 Å². The Bertz CT molecular complexity index is 487. The van der Waals surface area contributed by atoms with Gasteiger partial charge in [0.25, 0.3) is 0 Å². The molecule has 80 valence electrons. The van der Waals surface area contributed by atoms with Crippen LogP contribution in [0.2, 0.25) is 0 Å². The predicted octanol–water partition coefficient (Wildman–Crippen LogP) is 2.24. The molecule has 0 unspecified atom stereocenters. The van der Waals surface area contributed by atoms with Gasteiger partial charge in [-0.25, -0.2) is 0 Å². The van der Waals surface area contributed by atoms with Gasteiger partial charge >= 0.3 is 0 Å². The van der Waals surface area contributed by atoms with Crippen LogP contribution in [0.3, 0.4) is 0 Å². The molecular weight excluding hydrogens is 199 g/mol. The molecule has 0 spiro atoms. The SMILES string of the molecule is B1COC(c2cccc3ccccc23)OC1. The Morgan fingerprint density at radius 2 is 1.69 bits per heavy atom. The minimum Gasteiger partial charge on any atom is -0.357 e. The van der Waals surface area contributed by atoms with E-state index in [1.165, 1.54) is 10.8 Å². The molecule has 0 saturated carbocycles. The second kappa shape index (κ2) is 4.28. The molecule has 16 heavy (non-hydrogen) atoms. The molecule has 1 saturated heterocycles. The molecule has 0 aliphatic carbocycles. The molecule has 1 heterocycles. The summed E-state index contributed by atoms with van der Waals surface area (Å²) >= 11 is 0. The Hall–Kier alpha value is -1.32. The zero-order valence-electron chi connectivity index (χ0n) is 9.06. The van der Waals surface area contributed by atoms with Gasteiger partial charge in [0.2, 0.25) is 0 Å². The maximum atomic E-state index is 5.65. The van der Waals surface area contributed by atoms with Gasteiger partial charge in [-0.1, -0.05) is 42.5 Å². The van der Waals surface area contributed by atoms with Crippen LogP contribution in [0, 0.1) is 0 Å². The predicted molar refractivity (Wildman–Crippen MR) is 65.7 cm³/mol. The molecule has 1 aliphatic heterocycles. The quantitative estimate of drug-likeness (QED) is 0.675. The summed E-state index contributed by atoms with van der Waals surface area (Å²) in [4.78, 5) is 0. The summed E-state index contributed by atoms with van der Waals surface area (Å²) in [6.45, 7) is 1.57. The van der Waals surface area contributed by atoms with Gasteiger partial charge in [-0.3, -0.25) is 0 Å². The molecular formula is C13H13BO2. The Morgan fingerprint density at radius 1 is 0.938 bits per heavy atom. The van der Waals surface area contributed by atoms with Gasteiger partial charge < -0.3 is 9.47 Å². The van der Waals surface area contributed by atoms with E-state index in [2.05, 4.69) is 42.5 Å². The number of fused-ring (bicyclic) bond motifs is 1. The van der Waals surface area contributed by atoms with E-state index in [0.29, 0.717) is 0 Å². The van der Waals surface area contributed by atoms with E-state index in [1.807, 2.05) is 0 Å². The van der Waals surface area contributed by atoms with E-state index in [1.54, 1.807) is 0 Å². The van der Waals surface area contributed by atoms with Crippen LogP contribution in [0.1, 0.15) is 11.9 Å². The number of hydrogen-bond donors (Lipinski definition) is 0. The first-order valence-electron chi connectivity index (χ1n) is 5.66. The zero-order valence-corrected chi connectivity index (χ0v) is 9.06. The molecule has 0 N–H and O–H groups in total. The van der Waals surface area contributed by atoms with Gasteiger partial charge in [-0.15, -0.1) is 0 Å². The average Bonchev–Trinajstić information content (AvgIpc) is 2.39. The number of benzene rings is 2. The van der Waals surface area contributed by atoms with Crippen molar-refractivity contribution in [1.82, 2.24) is 0 Å². The fourth-order valence-electron chi connectivity index (χ4n) is 2.12. The van der Waals surface area contributed by atoms with Gasteiger partial charge in [0.1, 0.15) is 0 Å². The van der Waals surface area contributed by atoms with Crippen molar-refractivity contribution < 1.29 is 9.47 Å². The van der Waals surface area contributed by atoms with Crippen LogP contribution in [0.15, 0.2) is 42.5 Å². The van der Waals surface area contributed by atoms with Crippen molar-refractivity contribution in [3.8, 4) is 0 Å². The Labute approximate surface area is 95.4 Å². The second-order valence-corrected chi connectivity index (χ2v) is 4.00. The van der Waals surface area contributed by atoms with Crippen LogP contribution in [0.4, 0.5) is 0 Å². The molecule has 1 aliphatic rings. The molecule has 3 rings (SSSR count). The van der Waals surface area contributed by atoms with Gasteiger partial charge in [-0.2, -0.15) is 0 Å². The highest BCUT2D eigenvalue weighted by molar-refractivity contribution is 6.35. The van der Waals surface area contributed by atoms with Crippen LogP contribution in [-0.4, -0.2) is 20.3 Å². The molecule has 0 radical (unpaired) electrons. The second-order valence-electron chi connectivity index (χ2n) is 4.00. The molecule has 0 amide bonds. The molecule has 2 nitrogen and oxygen atoms in total. The highest BCUT2D eigenvalue weighted by atomic mass is 16.7. The first kappa shape index (κ1) is 9.88. The van der Waals surface area contributed by atoms with Crippen molar-refractivity contribution in [1.29, 1.82) is 0 Å². The highest BCUT2D eigenvalue weighted by Gasteiger charge is 2.18. The van der Waals surface area contributed by atoms with Crippen molar-refractivity contribution in [3.63, 3.8) is 0 Å². The van der Waals surface area contributed by atoms with Gasteiger partial charge in [0, 0.05) is 18.6 Å². The van der Waals surface area contributed by atoms with Crippen molar-refractivity contribution in [2.75, 3.05) is 13.0 Å². The smallest absolute Gasteiger partial charge is 0.185 e. The molecule has 2 aromatic rings. The molecule has 3 heteroatoms. The normalized spacial score (nSPS) is 17.2. The lowest BCUT2D eigenvalue weighted by molar-refractivity contribution is -0.135. The van der Waals surface area contributed by atoms with E-state index in [4.69, 9.17) is 9.47 Å². The topological polar surface area (TPSA) is 18.5 Å². The maximum Gasteiger partial charge on any atom is 0.185 e. The van der Waals surface area contributed by atoms with E-state index in [0.717, 1.165) is 25.9 Å². The summed E-state index contributed by atoms with van der Waals surface area (Å²) in [5.41, 5.74) is 1.14. The fourth-order valence-corrected chi connectivity index (χ4v) is 2.12. The van der Waals surface area contributed by atoms with Crippen molar-refractivity contribution in [2.24, 2.45) is 0 Å². The lowest BCUT2D eigenvalue weighted by Gasteiger charge is -2.24. The summed E-state index contributed by atoms with van der Waals surface area (Å²) in [5, 5.41) is 2.45. The van der Waals surface area contributed by atoms with Crippen molar-refractivity contribution in [3.05, 3.63) is 48.0 Å². The monoisotopic (exact) mass is 212 g/mol. The largest absolute Gasteiger partial charge is 0.357 e. The van der Waals surface area contributed by atoms with Crippen LogP contribution in [-0.2, 0) is 9.47 Å². The van der Waals surface area contributed by atoms with Crippen LogP contribution in [0.25, 0.3) is 10.8 Å². The van der Waals surface area contributed by atoms with Crippen molar-refractivity contribution in [2.45, 2.75) is 6.29 Å². The number of rotatable bonds is 1. The van der Waals surface area contributed by atoms with Gasteiger partial charge in [0.15, 0.2) is 13.6 Å². The summed E-state index contributed by atoms with van der Waals surface area (Å²) in [6, 6.07) is 14.6. The number of hydrogen-bond acceptors (Lipinski definition) is 2. The first-order valence-corrected chi connectivity index (χ1v) is 5.66. The standard InChI is InChI=1S/C13H13BO2/c1-2-6-11-10(4-1)5-3-7-12(11)13-15-8-14-9-16-13/h1-7,13-14H,8-9H2. The van der Waals surface area contributed by atoms with Crippen LogP contribution in [0.5, 0.6) is 0 Å². The molecule has 0 bridgehead atoms. The van der Waals surface area contributed by atoms with Crippen LogP contribution < -0.4 is 0 Å². The highest BCUT2D eigenvalue weighted by Crippen LogP contribution is 2.28. The Morgan fingerprint density at radius 3 is 2.56 bits per heavy atom. The van der Waals surface area contributed by atoms with E-state index >= 15 is 0 Å². The maximum absolute atomic E-state index is 5.65. The fraction of sp³-hybridized carbons (Fsp3) is 0.231. The number of ether oxygens (including phenoxy) is 2. The third kappa shape index (κ3) is 1.73. The zero-order chi connectivity index (χ0) is 10.8. The van der Waals surface area contributed by atoms with E-state index < -0.39 is 0 Å². The summed E-state index contributed by atoms with van der Waals surface area (Å²) < 4.78 is 11.3. The minimum atomic E-state index is -0.195. The lowest BCUT2D eigenvalue weighted by Crippen LogP contribution is -2.24. The Balaban J connectivity index is 2.08. The third-order valence-electron chi connectivity index (χ3n) is 2.90. The summed E-state index contributed by atoms with van der Waals surface area (Å²) in [5.74, 6) is 0. The Kier molecular flexibility index (Phi) is 2.64. The first-order chi connectivity index (χ1) is 7.95. The third-order valence-corrected chi connectivity index (χ3v) is 2.90. The van der Waals surface area contributed by atoms with E-state index in [-0.39, 0.29) is 6.29 Å². The molecule has 0 atom stereocenters. The van der Waals surface area contributed by atoms with Crippen LogP contribution >= 0.6 is 0 Å².